The number of amides is 2. The van der Waals surface area contributed by atoms with E-state index >= 15 is 0 Å². The maximum absolute atomic E-state index is 11.7. The highest BCUT2D eigenvalue weighted by atomic mass is 32.1. The number of hydrogen-bond acceptors (Lipinski definition) is 4. The molecule has 2 rings (SSSR count). The van der Waals surface area contributed by atoms with Crippen LogP contribution in [-0.4, -0.2) is 37.5 Å². The summed E-state index contributed by atoms with van der Waals surface area (Å²) in [5.41, 5.74) is 0.817. The second kappa shape index (κ2) is 4.71. The minimum Gasteiger partial charge on any atom is -0.462 e. The Morgan fingerprint density at radius 3 is 2.56 bits per heavy atom. The van der Waals surface area contributed by atoms with Gasteiger partial charge in [-0.1, -0.05) is 47.7 Å². The van der Waals surface area contributed by atoms with Crippen LogP contribution in [0.4, 0.5) is 4.79 Å². The molecule has 1 atom stereocenters. The standard InChI is InChI=1S/C11H10N2O4S/c14-9-6-8(7-4-2-1-3-5-7)10(18)12(9)13(17)11(15)16/h1-5,8,17H,6H2,(H,15,16). The molecule has 1 saturated heterocycles. The zero-order chi connectivity index (χ0) is 13.3. The number of hydroxylamine groups is 1. The molecule has 7 heteroatoms. The summed E-state index contributed by atoms with van der Waals surface area (Å²) in [6.45, 7) is 0. The van der Waals surface area contributed by atoms with Crippen molar-refractivity contribution < 1.29 is 19.9 Å². The van der Waals surface area contributed by atoms with E-state index in [9.17, 15) is 14.8 Å². The lowest BCUT2D eigenvalue weighted by atomic mass is 9.98. The second-order valence-electron chi connectivity index (χ2n) is 3.78. The molecule has 0 radical (unpaired) electrons. The lowest BCUT2D eigenvalue weighted by Crippen LogP contribution is -2.46. The quantitative estimate of drug-likeness (QED) is 0.483. The van der Waals surface area contributed by atoms with Crippen molar-refractivity contribution in [1.29, 1.82) is 0 Å². The van der Waals surface area contributed by atoms with Gasteiger partial charge in [0.25, 0.3) is 0 Å². The van der Waals surface area contributed by atoms with Gasteiger partial charge in [-0.15, -0.1) is 0 Å². The van der Waals surface area contributed by atoms with Gasteiger partial charge in [-0.25, -0.2) is 4.79 Å². The fourth-order valence-corrected chi connectivity index (χ4v) is 2.25. The molecule has 0 bridgehead atoms. The predicted octanol–water partition coefficient (Wildman–Crippen LogP) is 1.61. The van der Waals surface area contributed by atoms with E-state index in [1.165, 1.54) is 0 Å². The SMILES string of the molecule is O=C(O)N(O)N1C(=O)CC(c2ccccc2)C1=S. The monoisotopic (exact) mass is 266 g/mol. The Balaban J connectivity index is 2.27. The van der Waals surface area contributed by atoms with Crippen LogP contribution < -0.4 is 0 Å². The number of nitrogens with zero attached hydrogens (tertiary/aromatic N) is 2. The Hall–Kier alpha value is -1.99. The van der Waals surface area contributed by atoms with E-state index in [2.05, 4.69) is 0 Å². The van der Waals surface area contributed by atoms with E-state index < -0.39 is 12.0 Å². The van der Waals surface area contributed by atoms with Crippen LogP contribution in [-0.2, 0) is 4.79 Å². The Morgan fingerprint density at radius 2 is 2.00 bits per heavy atom. The zero-order valence-electron chi connectivity index (χ0n) is 9.18. The number of benzene rings is 1. The van der Waals surface area contributed by atoms with Crippen molar-refractivity contribution in [3.63, 3.8) is 0 Å². The molecule has 6 nitrogen and oxygen atoms in total. The first-order valence-corrected chi connectivity index (χ1v) is 5.56. The molecular formula is C11H10N2O4S. The van der Waals surface area contributed by atoms with Crippen LogP contribution in [0.5, 0.6) is 0 Å². The van der Waals surface area contributed by atoms with Gasteiger partial charge in [0.1, 0.15) is 4.99 Å². The van der Waals surface area contributed by atoms with Crippen LogP contribution in [0.25, 0.3) is 0 Å². The summed E-state index contributed by atoms with van der Waals surface area (Å²) in [4.78, 5) is 22.4. The topological polar surface area (TPSA) is 81.1 Å². The van der Waals surface area contributed by atoms with Crippen molar-refractivity contribution in [3.05, 3.63) is 35.9 Å². The molecule has 2 N–H and O–H groups in total. The summed E-state index contributed by atoms with van der Waals surface area (Å²) < 4.78 is 0. The van der Waals surface area contributed by atoms with Gasteiger partial charge in [0.05, 0.1) is 0 Å². The van der Waals surface area contributed by atoms with Crippen molar-refractivity contribution >= 4 is 29.2 Å². The Kier molecular flexibility index (Phi) is 3.26. The average Bonchev–Trinajstić information content (AvgIpc) is 2.65. The molecule has 0 saturated carbocycles. The summed E-state index contributed by atoms with van der Waals surface area (Å²) in [6, 6.07) is 9.04. The van der Waals surface area contributed by atoms with E-state index in [0.717, 1.165) is 5.56 Å². The van der Waals surface area contributed by atoms with Gasteiger partial charge >= 0.3 is 6.09 Å². The van der Waals surface area contributed by atoms with E-state index in [0.29, 0.717) is 5.01 Å². The van der Waals surface area contributed by atoms with Gasteiger partial charge in [-0.3, -0.25) is 10.0 Å². The first kappa shape index (κ1) is 12.5. The van der Waals surface area contributed by atoms with Crippen LogP contribution in [0.15, 0.2) is 30.3 Å². The van der Waals surface area contributed by atoms with Gasteiger partial charge in [0.15, 0.2) is 0 Å². The predicted molar refractivity (Wildman–Crippen MR) is 64.9 cm³/mol. The zero-order valence-corrected chi connectivity index (χ0v) is 10.0. The molecule has 94 valence electrons. The molecule has 1 aromatic rings. The minimum atomic E-state index is -1.65. The van der Waals surface area contributed by atoms with Crippen LogP contribution in [0.2, 0.25) is 0 Å². The molecule has 1 aromatic carbocycles. The Bertz CT molecular complexity index is 505. The number of hydrazine groups is 1. The minimum absolute atomic E-state index is 0.0488. The summed E-state index contributed by atoms with van der Waals surface area (Å²) in [5.74, 6) is -0.929. The molecular weight excluding hydrogens is 256 g/mol. The third-order valence-corrected chi connectivity index (χ3v) is 3.14. The number of thiocarbonyl (C=S) groups is 1. The number of carboxylic acid groups (broad SMARTS) is 1. The van der Waals surface area contributed by atoms with E-state index in [1.807, 2.05) is 6.07 Å². The molecule has 0 spiro atoms. The normalized spacial score (nSPS) is 19.2. The third kappa shape index (κ3) is 2.05. The van der Waals surface area contributed by atoms with Crippen molar-refractivity contribution in [2.45, 2.75) is 12.3 Å². The molecule has 1 aliphatic rings. The number of rotatable bonds is 2. The van der Waals surface area contributed by atoms with Gasteiger partial charge in [-0.05, 0) is 5.56 Å². The van der Waals surface area contributed by atoms with Crippen molar-refractivity contribution in [3.8, 4) is 0 Å². The van der Waals surface area contributed by atoms with Crippen LogP contribution in [0.1, 0.15) is 17.9 Å². The van der Waals surface area contributed by atoms with Gasteiger partial charge in [0.2, 0.25) is 5.91 Å². The van der Waals surface area contributed by atoms with E-state index in [4.69, 9.17) is 17.3 Å². The molecule has 0 aliphatic carbocycles. The first-order valence-electron chi connectivity index (χ1n) is 5.16. The van der Waals surface area contributed by atoms with Crippen LogP contribution >= 0.6 is 12.2 Å². The molecule has 18 heavy (non-hydrogen) atoms. The Labute approximate surface area is 108 Å². The van der Waals surface area contributed by atoms with Crippen molar-refractivity contribution in [1.82, 2.24) is 10.2 Å². The summed E-state index contributed by atoms with van der Waals surface area (Å²) in [5, 5.41) is 18.4. The van der Waals surface area contributed by atoms with Gasteiger partial charge in [-0.2, -0.15) is 5.01 Å². The maximum atomic E-state index is 11.7. The van der Waals surface area contributed by atoms with E-state index in [-0.39, 0.29) is 22.5 Å². The van der Waals surface area contributed by atoms with E-state index in [1.54, 1.807) is 24.3 Å². The summed E-state index contributed by atoms with van der Waals surface area (Å²) >= 11 is 5.06. The molecule has 1 fully saturated rings. The third-order valence-electron chi connectivity index (χ3n) is 2.68. The molecule has 0 aromatic heterocycles. The lowest BCUT2D eigenvalue weighted by molar-refractivity contribution is -0.185. The summed E-state index contributed by atoms with van der Waals surface area (Å²) in [6.07, 6.45) is -1.60. The highest BCUT2D eigenvalue weighted by Gasteiger charge is 2.41. The smallest absolute Gasteiger partial charge is 0.452 e. The lowest BCUT2D eigenvalue weighted by Gasteiger charge is -2.22. The van der Waals surface area contributed by atoms with Gasteiger partial charge < -0.3 is 5.11 Å². The number of carbonyl (C=O) groups is 2. The number of hydrogen-bond donors (Lipinski definition) is 2. The fourth-order valence-electron chi connectivity index (χ4n) is 1.85. The van der Waals surface area contributed by atoms with Gasteiger partial charge in [0, 0.05) is 12.3 Å². The van der Waals surface area contributed by atoms with Crippen molar-refractivity contribution in [2.24, 2.45) is 0 Å². The highest BCUT2D eigenvalue weighted by Crippen LogP contribution is 2.31. The number of carbonyl (C=O) groups excluding carboxylic acids is 1. The van der Waals surface area contributed by atoms with Crippen LogP contribution in [0, 0.1) is 0 Å². The first-order chi connectivity index (χ1) is 8.52. The second-order valence-corrected chi connectivity index (χ2v) is 4.20. The summed E-state index contributed by atoms with van der Waals surface area (Å²) in [7, 11) is 0. The average molecular weight is 266 g/mol. The fraction of sp³-hybridized carbons (Fsp3) is 0.182. The molecule has 1 heterocycles. The molecule has 1 unspecified atom stereocenters. The Morgan fingerprint density at radius 1 is 1.39 bits per heavy atom. The largest absolute Gasteiger partial charge is 0.462 e. The maximum Gasteiger partial charge on any atom is 0.452 e. The molecule has 1 aliphatic heterocycles. The van der Waals surface area contributed by atoms with Crippen LogP contribution in [0.3, 0.4) is 0 Å². The van der Waals surface area contributed by atoms with Crippen molar-refractivity contribution in [2.75, 3.05) is 0 Å². The molecule has 2 amide bonds. The highest BCUT2D eigenvalue weighted by molar-refractivity contribution is 7.80.